The van der Waals surface area contributed by atoms with Crippen LogP contribution in [0.25, 0.3) is 0 Å². The Morgan fingerprint density at radius 1 is 1.31 bits per heavy atom. The van der Waals surface area contributed by atoms with Gasteiger partial charge in [-0.05, 0) is 37.7 Å². The molecule has 88 valence electrons. The van der Waals surface area contributed by atoms with Crippen molar-refractivity contribution in [2.24, 2.45) is 0 Å². The van der Waals surface area contributed by atoms with Crippen LogP contribution >= 0.6 is 0 Å². The maximum atomic E-state index is 12.9. The van der Waals surface area contributed by atoms with Gasteiger partial charge in [0, 0.05) is 25.2 Å². The molecule has 1 aromatic carbocycles. The molecule has 0 aliphatic carbocycles. The van der Waals surface area contributed by atoms with Crippen LogP contribution in [0.1, 0.15) is 12.0 Å². The van der Waals surface area contributed by atoms with Gasteiger partial charge in [-0.3, -0.25) is 0 Å². The average molecular weight is 226 g/mol. The lowest BCUT2D eigenvalue weighted by Gasteiger charge is -2.12. The van der Waals surface area contributed by atoms with Crippen LogP contribution in [0.2, 0.25) is 0 Å². The third-order valence-corrected chi connectivity index (χ3v) is 2.91. The van der Waals surface area contributed by atoms with Crippen molar-refractivity contribution >= 4 is 0 Å². The highest BCUT2D eigenvalue weighted by Crippen LogP contribution is 2.10. The van der Waals surface area contributed by atoms with E-state index in [1.165, 1.54) is 12.1 Å². The van der Waals surface area contributed by atoms with Crippen LogP contribution in [-0.2, 0) is 6.54 Å². The van der Waals surface area contributed by atoms with Gasteiger partial charge in [-0.15, -0.1) is 0 Å². The lowest BCUT2D eigenvalue weighted by Crippen LogP contribution is -2.30. The van der Waals surface area contributed by atoms with Crippen molar-refractivity contribution < 1.29 is 8.78 Å². The van der Waals surface area contributed by atoms with Crippen LogP contribution in [0.15, 0.2) is 18.2 Å². The van der Waals surface area contributed by atoms with Crippen LogP contribution in [0, 0.1) is 11.6 Å². The molecule has 2 nitrogen and oxygen atoms in total. The van der Waals surface area contributed by atoms with E-state index in [1.807, 2.05) is 0 Å². The number of likely N-dealkylation sites (tertiary alicyclic amines) is 1. The first-order valence-corrected chi connectivity index (χ1v) is 5.50. The summed E-state index contributed by atoms with van der Waals surface area (Å²) in [4.78, 5) is 2.24. The van der Waals surface area contributed by atoms with Gasteiger partial charge in [0.05, 0.1) is 0 Å². The molecule has 0 bridgehead atoms. The molecule has 1 saturated heterocycles. The van der Waals surface area contributed by atoms with Crippen LogP contribution in [0.4, 0.5) is 8.78 Å². The fraction of sp³-hybridized carbons (Fsp3) is 0.500. The molecular formula is C12H16F2N2. The van der Waals surface area contributed by atoms with Crippen molar-refractivity contribution in [3.63, 3.8) is 0 Å². The molecule has 16 heavy (non-hydrogen) atoms. The van der Waals surface area contributed by atoms with Crippen molar-refractivity contribution in [2.45, 2.75) is 19.0 Å². The molecule has 1 heterocycles. The predicted molar refractivity (Wildman–Crippen MR) is 59.1 cm³/mol. The summed E-state index contributed by atoms with van der Waals surface area (Å²) >= 11 is 0. The molecule has 1 unspecified atom stereocenters. The van der Waals surface area contributed by atoms with Gasteiger partial charge in [0.25, 0.3) is 0 Å². The van der Waals surface area contributed by atoms with Gasteiger partial charge in [0.2, 0.25) is 0 Å². The van der Waals surface area contributed by atoms with Gasteiger partial charge in [-0.2, -0.15) is 0 Å². The SMILES string of the molecule is CN1CCC(NCc2cc(F)cc(F)c2)C1. The number of nitrogens with zero attached hydrogens (tertiary/aromatic N) is 1. The van der Waals surface area contributed by atoms with E-state index in [2.05, 4.69) is 17.3 Å². The number of rotatable bonds is 3. The number of halogens is 2. The third-order valence-electron chi connectivity index (χ3n) is 2.91. The summed E-state index contributed by atoms with van der Waals surface area (Å²) < 4.78 is 25.8. The first kappa shape index (κ1) is 11.5. The van der Waals surface area contributed by atoms with E-state index >= 15 is 0 Å². The molecule has 1 atom stereocenters. The molecule has 4 heteroatoms. The molecule has 1 N–H and O–H groups in total. The van der Waals surface area contributed by atoms with Gasteiger partial charge in [-0.25, -0.2) is 8.78 Å². The Morgan fingerprint density at radius 3 is 2.56 bits per heavy atom. The van der Waals surface area contributed by atoms with E-state index in [-0.39, 0.29) is 0 Å². The molecule has 0 amide bonds. The fourth-order valence-electron chi connectivity index (χ4n) is 2.08. The van der Waals surface area contributed by atoms with Crippen LogP contribution in [0.5, 0.6) is 0 Å². The van der Waals surface area contributed by atoms with Crippen molar-refractivity contribution in [2.75, 3.05) is 20.1 Å². The zero-order chi connectivity index (χ0) is 11.5. The van der Waals surface area contributed by atoms with Crippen molar-refractivity contribution in [1.82, 2.24) is 10.2 Å². The number of nitrogens with one attached hydrogen (secondary N) is 1. The Hall–Kier alpha value is -1.00. The second kappa shape index (κ2) is 4.89. The lowest BCUT2D eigenvalue weighted by molar-refractivity contribution is 0.397. The first-order valence-electron chi connectivity index (χ1n) is 5.50. The molecule has 1 aliphatic heterocycles. The largest absolute Gasteiger partial charge is 0.309 e. The van der Waals surface area contributed by atoms with E-state index in [1.54, 1.807) is 0 Å². The normalized spacial score (nSPS) is 21.6. The summed E-state index contributed by atoms with van der Waals surface area (Å²) in [5.41, 5.74) is 0.659. The third kappa shape index (κ3) is 3.00. The Morgan fingerprint density at radius 2 is 2.00 bits per heavy atom. The van der Waals surface area contributed by atoms with Crippen LogP contribution in [0.3, 0.4) is 0 Å². The van der Waals surface area contributed by atoms with Gasteiger partial charge in [-0.1, -0.05) is 0 Å². The number of hydrogen-bond donors (Lipinski definition) is 1. The highest BCUT2D eigenvalue weighted by Gasteiger charge is 2.18. The molecule has 0 spiro atoms. The quantitative estimate of drug-likeness (QED) is 0.844. The van der Waals surface area contributed by atoms with E-state index in [0.29, 0.717) is 18.2 Å². The molecule has 1 aliphatic rings. The Balaban J connectivity index is 1.89. The highest BCUT2D eigenvalue weighted by atomic mass is 19.1. The molecule has 2 rings (SSSR count). The summed E-state index contributed by atoms with van der Waals surface area (Å²) in [6, 6.07) is 4.06. The Bertz CT molecular complexity index is 348. The Labute approximate surface area is 94.3 Å². The van der Waals surface area contributed by atoms with Gasteiger partial charge in [0.1, 0.15) is 11.6 Å². The van der Waals surface area contributed by atoms with Crippen molar-refractivity contribution in [3.8, 4) is 0 Å². The summed E-state index contributed by atoms with van der Waals surface area (Å²) in [6.45, 7) is 2.60. The summed E-state index contributed by atoms with van der Waals surface area (Å²) in [5.74, 6) is -1.03. The molecule has 0 radical (unpaired) electrons. The summed E-state index contributed by atoms with van der Waals surface area (Å²) in [5, 5.41) is 3.31. The Kier molecular flexibility index (Phi) is 3.51. The van der Waals surface area contributed by atoms with Gasteiger partial charge in [0.15, 0.2) is 0 Å². The second-order valence-corrected chi connectivity index (χ2v) is 4.41. The zero-order valence-corrected chi connectivity index (χ0v) is 9.34. The van der Waals surface area contributed by atoms with Crippen molar-refractivity contribution in [1.29, 1.82) is 0 Å². The maximum Gasteiger partial charge on any atom is 0.126 e. The molecule has 0 saturated carbocycles. The van der Waals surface area contributed by atoms with E-state index in [0.717, 1.165) is 25.6 Å². The summed E-state index contributed by atoms with van der Waals surface area (Å²) in [6.07, 6.45) is 1.09. The first-order chi connectivity index (χ1) is 7.63. The lowest BCUT2D eigenvalue weighted by atomic mass is 10.2. The molecule has 1 fully saturated rings. The summed E-state index contributed by atoms with van der Waals surface area (Å²) in [7, 11) is 2.07. The highest BCUT2D eigenvalue weighted by molar-refractivity contribution is 5.17. The smallest absolute Gasteiger partial charge is 0.126 e. The van der Waals surface area contributed by atoms with E-state index in [4.69, 9.17) is 0 Å². The topological polar surface area (TPSA) is 15.3 Å². The number of hydrogen-bond acceptors (Lipinski definition) is 2. The fourth-order valence-corrected chi connectivity index (χ4v) is 2.08. The van der Waals surface area contributed by atoms with Crippen molar-refractivity contribution in [3.05, 3.63) is 35.4 Å². The predicted octanol–water partition coefficient (Wildman–Crippen LogP) is 1.76. The van der Waals surface area contributed by atoms with E-state index in [9.17, 15) is 8.78 Å². The number of likely N-dealkylation sites (N-methyl/N-ethyl adjacent to an activating group) is 1. The van der Waals surface area contributed by atoms with Gasteiger partial charge < -0.3 is 10.2 Å². The molecule has 0 aromatic heterocycles. The average Bonchev–Trinajstić information content (AvgIpc) is 2.60. The van der Waals surface area contributed by atoms with Crippen LogP contribution in [-0.4, -0.2) is 31.1 Å². The molecular weight excluding hydrogens is 210 g/mol. The second-order valence-electron chi connectivity index (χ2n) is 4.41. The monoisotopic (exact) mass is 226 g/mol. The van der Waals surface area contributed by atoms with Crippen LogP contribution < -0.4 is 5.32 Å². The van der Waals surface area contributed by atoms with Gasteiger partial charge >= 0.3 is 0 Å². The minimum Gasteiger partial charge on any atom is -0.309 e. The molecule has 1 aromatic rings. The number of benzene rings is 1. The zero-order valence-electron chi connectivity index (χ0n) is 9.34. The minimum absolute atomic E-state index is 0.427. The standard InChI is InChI=1S/C12H16F2N2/c1-16-3-2-12(8-16)15-7-9-4-10(13)6-11(14)5-9/h4-6,12,15H,2-3,7-8H2,1H3. The maximum absolute atomic E-state index is 12.9. The minimum atomic E-state index is -0.514. The van der Waals surface area contributed by atoms with E-state index < -0.39 is 11.6 Å².